The van der Waals surface area contributed by atoms with Gasteiger partial charge >= 0.3 is 5.97 Å². The van der Waals surface area contributed by atoms with Gasteiger partial charge in [0.15, 0.2) is 0 Å². The first-order valence-electron chi connectivity index (χ1n) is 6.78. The maximum absolute atomic E-state index is 10.9. The highest BCUT2D eigenvalue weighted by atomic mass is 16.5. The van der Waals surface area contributed by atoms with Crippen molar-refractivity contribution in [3.63, 3.8) is 0 Å². The summed E-state index contributed by atoms with van der Waals surface area (Å²) < 4.78 is 5.53. The molecular formula is C15H21NO3. The number of ether oxygens (including phenoxy) is 1. The zero-order valence-corrected chi connectivity index (χ0v) is 11.6. The number of carboxylic acid groups (broad SMARTS) is 1. The molecule has 0 radical (unpaired) electrons. The van der Waals surface area contributed by atoms with Gasteiger partial charge < -0.3 is 14.7 Å². The second-order valence-corrected chi connectivity index (χ2v) is 5.10. The van der Waals surface area contributed by atoms with Gasteiger partial charge in [0.2, 0.25) is 0 Å². The van der Waals surface area contributed by atoms with Crippen molar-refractivity contribution in [2.45, 2.75) is 26.2 Å². The largest absolute Gasteiger partial charge is 0.494 e. The highest BCUT2D eigenvalue weighted by Crippen LogP contribution is 2.32. The summed E-state index contributed by atoms with van der Waals surface area (Å²) in [5.41, 5.74) is 2.38. The van der Waals surface area contributed by atoms with E-state index in [1.54, 1.807) is 0 Å². The number of hydrogen-bond donors (Lipinski definition) is 1. The molecule has 1 heterocycles. The number of nitrogens with zero attached hydrogens (tertiary/aromatic N) is 1. The molecule has 1 unspecified atom stereocenters. The summed E-state index contributed by atoms with van der Waals surface area (Å²) in [5.74, 6) is 0.362. The van der Waals surface area contributed by atoms with E-state index in [-0.39, 0.29) is 12.3 Å². The van der Waals surface area contributed by atoms with Crippen LogP contribution in [0.15, 0.2) is 18.2 Å². The molecule has 0 saturated carbocycles. The molecule has 0 bridgehead atoms. The smallest absolute Gasteiger partial charge is 0.303 e. The number of carbonyl (C=O) groups is 1. The molecule has 1 N–H and O–H groups in total. The molecule has 1 atom stereocenters. The average molecular weight is 263 g/mol. The van der Waals surface area contributed by atoms with E-state index >= 15 is 0 Å². The summed E-state index contributed by atoms with van der Waals surface area (Å²) in [7, 11) is 2.06. The molecule has 0 fully saturated rings. The van der Waals surface area contributed by atoms with Crippen LogP contribution in [0.4, 0.5) is 5.69 Å². The third-order valence-electron chi connectivity index (χ3n) is 3.62. The van der Waals surface area contributed by atoms with Crippen LogP contribution in [-0.2, 0) is 11.2 Å². The Labute approximate surface area is 114 Å². The molecular weight excluding hydrogens is 242 g/mol. The van der Waals surface area contributed by atoms with Crippen LogP contribution in [-0.4, -0.2) is 31.3 Å². The Morgan fingerprint density at radius 2 is 2.32 bits per heavy atom. The van der Waals surface area contributed by atoms with E-state index in [1.165, 1.54) is 11.3 Å². The summed E-state index contributed by atoms with van der Waals surface area (Å²) in [6, 6.07) is 6.11. The number of aliphatic carboxylic acids is 1. The maximum Gasteiger partial charge on any atom is 0.303 e. The fourth-order valence-corrected chi connectivity index (χ4v) is 2.69. The minimum atomic E-state index is -0.711. The van der Waals surface area contributed by atoms with Crippen LogP contribution in [0.25, 0.3) is 0 Å². The molecule has 1 aromatic carbocycles. The van der Waals surface area contributed by atoms with Gasteiger partial charge in [0, 0.05) is 25.7 Å². The fraction of sp³-hybridized carbons (Fsp3) is 0.533. The fourth-order valence-electron chi connectivity index (χ4n) is 2.69. The van der Waals surface area contributed by atoms with E-state index in [0.717, 1.165) is 25.1 Å². The van der Waals surface area contributed by atoms with Crippen molar-refractivity contribution in [1.29, 1.82) is 0 Å². The standard InChI is InChI=1S/C15H21NO3/c1-3-19-13-4-5-14-12(10-13)8-11(9-15(17)18)6-7-16(14)2/h4-5,10-11H,3,6-9H2,1-2H3,(H,17,18). The first-order chi connectivity index (χ1) is 9.10. The lowest BCUT2D eigenvalue weighted by Crippen LogP contribution is -2.19. The van der Waals surface area contributed by atoms with E-state index in [0.29, 0.717) is 6.61 Å². The van der Waals surface area contributed by atoms with Gasteiger partial charge in [-0.3, -0.25) is 4.79 Å². The van der Waals surface area contributed by atoms with Crippen LogP contribution in [0.5, 0.6) is 5.75 Å². The third-order valence-corrected chi connectivity index (χ3v) is 3.62. The van der Waals surface area contributed by atoms with Crippen molar-refractivity contribution in [1.82, 2.24) is 0 Å². The van der Waals surface area contributed by atoms with Gasteiger partial charge in [0.05, 0.1) is 6.61 Å². The molecule has 0 spiro atoms. The zero-order valence-electron chi connectivity index (χ0n) is 11.6. The monoisotopic (exact) mass is 263 g/mol. The Hall–Kier alpha value is -1.71. The topological polar surface area (TPSA) is 49.8 Å². The number of anilines is 1. The van der Waals surface area contributed by atoms with E-state index < -0.39 is 5.97 Å². The van der Waals surface area contributed by atoms with Gasteiger partial charge in [-0.05, 0) is 49.4 Å². The normalized spacial score (nSPS) is 18.6. The first-order valence-corrected chi connectivity index (χ1v) is 6.78. The van der Waals surface area contributed by atoms with Crippen LogP contribution < -0.4 is 9.64 Å². The molecule has 19 heavy (non-hydrogen) atoms. The Morgan fingerprint density at radius 1 is 1.53 bits per heavy atom. The van der Waals surface area contributed by atoms with Crippen molar-refractivity contribution in [2.75, 3.05) is 25.1 Å². The van der Waals surface area contributed by atoms with Crippen molar-refractivity contribution in [3.05, 3.63) is 23.8 Å². The number of fused-ring (bicyclic) bond motifs is 1. The molecule has 2 rings (SSSR count). The highest BCUT2D eigenvalue weighted by molar-refractivity contribution is 5.67. The molecule has 1 aliphatic rings. The van der Waals surface area contributed by atoms with Crippen LogP contribution in [0.2, 0.25) is 0 Å². The second-order valence-electron chi connectivity index (χ2n) is 5.10. The summed E-state index contributed by atoms with van der Waals surface area (Å²) >= 11 is 0. The lowest BCUT2D eigenvalue weighted by molar-refractivity contribution is -0.138. The molecule has 4 heteroatoms. The lowest BCUT2D eigenvalue weighted by Gasteiger charge is -2.19. The number of carboxylic acids is 1. The molecule has 0 saturated heterocycles. The quantitative estimate of drug-likeness (QED) is 0.907. The predicted molar refractivity (Wildman–Crippen MR) is 74.9 cm³/mol. The van der Waals surface area contributed by atoms with Crippen molar-refractivity contribution in [2.24, 2.45) is 5.92 Å². The molecule has 0 aromatic heterocycles. The van der Waals surface area contributed by atoms with Gasteiger partial charge in [0.25, 0.3) is 0 Å². The third kappa shape index (κ3) is 3.40. The minimum Gasteiger partial charge on any atom is -0.494 e. The molecule has 4 nitrogen and oxygen atoms in total. The Bertz CT molecular complexity index is 459. The summed E-state index contributed by atoms with van der Waals surface area (Å²) in [6.45, 7) is 3.51. The van der Waals surface area contributed by atoms with E-state index in [1.807, 2.05) is 13.0 Å². The van der Waals surface area contributed by atoms with Gasteiger partial charge in [0.1, 0.15) is 5.75 Å². The SMILES string of the molecule is CCOc1ccc2c(c1)CC(CC(=O)O)CCN2C. The van der Waals surface area contributed by atoms with Crippen LogP contribution in [0.1, 0.15) is 25.3 Å². The van der Waals surface area contributed by atoms with Crippen molar-refractivity contribution in [3.8, 4) is 5.75 Å². The van der Waals surface area contributed by atoms with Gasteiger partial charge in [-0.1, -0.05) is 0 Å². The summed E-state index contributed by atoms with van der Waals surface area (Å²) in [5, 5.41) is 8.97. The zero-order chi connectivity index (χ0) is 13.8. The Morgan fingerprint density at radius 3 is 3.00 bits per heavy atom. The lowest BCUT2D eigenvalue weighted by atomic mass is 9.94. The molecule has 104 valence electrons. The van der Waals surface area contributed by atoms with E-state index in [2.05, 4.69) is 24.1 Å². The van der Waals surface area contributed by atoms with Crippen LogP contribution in [0.3, 0.4) is 0 Å². The van der Waals surface area contributed by atoms with E-state index in [9.17, 15) is 4.79 Å². The molecule has 1 aliphatic heterocycles. The van der Waals surface area contributed by atoms with Gasteiger partial charge in [-0.15, -0.1) is 0 Å². The Kier molecular flexibility index (Phi) is 4.30. The molecule has 0 aliphatic carbocycles. The number of hydrogen-bond acceptors (Lipinski definition) is 3. The van der Waals surface area contributed by atoms with Crippen LogP contribution >= 0.6 is 0 Å². The molecule has 0 amide bonds. The maximum atomic E-state index is 10.9. The van der Waals surface area contributed by atoms with Crippen molar-refractivity contribution < 1.29 is 14.6 Å². The van der Waals surface area contributed by atoms with E-state index in [4.69, 9.17) is 9.84 Å². The predicted octanol–water partition coefficient (Wildman–Crippen LogP) is 2.56. The second kappa shape index (κ2) is 5.95. The average Bonchev–Trinajstić information content (AvgIpc) is 2.49. The minimum absolute atomic E-state index is 0.207. The first kappa shape index (κ1) is 13.7. The highest BCUT2D eigenvalue weighted by Gasteiger charge is 2.21. The van der Waals surface area contributed by atoms with Crippen LogP contribution in [0, 0.1) is 5.92 Å². The van der Waals surface area contributed by atoms with Gasteiger partial charge in [-0.25, -0.2) is 0 Å². The Balaban J connectivity index is 2.24. The van der Waals surface area contributed by atoms with Gasteiger partial charge in [-0.2, -0.15) is 0 Å². The number of benzene rings is 1. The number of rotatable bonds is 4. The summed E-state index contributed by atoms with van der Waals surface area (Å²) in [4.78, 5) is 13.1. The van der Waals surface area contributed by atoms with Crippen molar-refractivity contribution >= 4 is 11.7 Å². The summed E-state index contributed by atoms with van der Waals surface area (Å²) in [6.07, 6.45) is 1.97. The molecule has 1 aromatic rings.